The Labute approximate surface area is 182 Å². The van der Waals surface area contributed by atoms with Crippen molar-refractivity contribution in [2.24, 2.45) is 5.92 Å². The number of aromatic nitrogens is 1. The average Bonchev–Trinajstić information content (AvgIpc) is 3.06. The molecule has 0 saturated heterocycles. The maximum atomic E-state index is 12.9. The number of rotatable bonds is 8. The van der Waals surface area contributed by atoms with E-state index in [1.807, 2.05) is 50.2 Å². The molecule has 0 saturated carbocycles. The first kappa shape index (κ1) is 22.4. The van der Waals surface area contributed by atoms with E-state index in [0.29, 0.717) is 35.9 Å². The quantitative estimate of drug-likeness (QED) is 0.495. The average molecular weight is 421 g/mol. The Bertz CT molecular complexity index is 1080. The molecular formula is C25H28N2O4. The largest absolute Gasteiger partial charge is 0.445 e. The Morgan fingerprint density at radius 3 is 2.39 bits per heavy atom. The number of benzene rings is 2. The van der Waals surface area contributed by atoms with Crippen molar-refractivity contribution in [1.29, 1.82) is 0 Å². The fourth-order valence-corrected chi connectivity index (χ4v) is 3.48. The van der Waals surface area contributed by atoms with Crippen LogP contribution in [-0.2, 0) is 4.74 Å². The molecule has 0 fully saturated rings. The molecule has 0 aliphatic heterocycles. The summed E-state index contributed by atoms with van der Waals surface area (Å²) in [7, 11) is 1.63. The smallest absolute Gasteiger partial charge is 0.277 e. The van der Waals surface area contributed by atoms with E-state index in [1.54, 1.807) is 27.0 Å². The van der Waals surface area contributed by atoms with Crippen LogP contribution in [-0.4, -0.2) is 30.4 Å². The van der Waals surface area contributed by atoms with Gasteiger partial charge in [-0.05, 0) is 49.1 Å². The number of oxazole rings is 1. The second-order valence-corrected chi connectivity index (χ2v) is 7.94. The van der Waals surface area contributed by atoms with Gasteiger partial charge in [-0.25, -0.2) is 4.98 Å². The summed E-state index contributed by atoms with van der Waals surface area (Å²) in [5.41, 5.74) is 4.28. The monoisotopic (exact) mass is 420 g/mol. The van der Waals surface area contributed by atoms with Gasteiger partial charge in [-0.3, -0.25) is 9.59 Å². The van der Waals surface area contributed by atoms with Gasteiger partial charge >= 0.3 is 0 Å². The zero-order chi connectivity index (χ0) is 22.5. The number of carbonyl (C=O) groups excluding carboxylic acids is 2. The zero-order valence-electron chi connectivity index (χ0n) is 18.6. The number of Topliss-reactive ketones (excluding diaryl/α,β-unsaturated/α-hetero) is 1. The first-order valence-corrected chi connectivity index (χ1v) is 10.3. The molecule has 0 radical (unpaired) electrons. The van der Waals surface area contributed by atoms with Crippen LogP contribution in [0.4, 0.5) is 5.69 Å². The number of hydrogen-bond acceptors (Lipinski definition) is 5. The summed E-state index contributed by atoms with van der Waals surface area (Å²) in [6, 6.07) is 13.5. The van der Waals surface area contributed by atoms with Gasteiger partial charge in [0.1, 0.15) is 5.76 Å². The highest BCUT2D eigenvalue weighted by Gasteiger charge is 2.18. The van der Waals surface area contributed by atoms with Crippen molar-refractivity contribution < 1.29 is 18.7 Å². The summed E-state index contributed by atoms with van der Waals surface area (Å²) in [4.78, 5) is 29.8. The van der Waals surface area contributed by atoms with Gasteiger partial charge in [0.15, 0.2) is 17.4 Å². The predicted octanol–water partition coefficient (Wildman–Crippen LogP) is 5.37. The van der Waals surface area contributed by atoms with Crippen molar-refractivity contribution in [3.05, 3.63) is 70.9 Å². The molecule has 31 heavy (non-hydrogen) atoms. The third kappa shape index (κ3) is 5.67. The van der Waals surface area contributed by atoms with Crippen LogP contribution in [0.15, 0.2) is 46.9 Å². The third-order valence-electron chi connectivity index (χ3n) is 5.00. The molecule has 2 aromatic carbocycles. The van der Waals surface area contributed by atoms with Crippen LogP contribution < -0.4 is 5.32 Å². The number of hydrogen-bond donors (Lipinski definition) is 1. The van der Waals surface area contributed by atoms with E-state index >= 15 is 0 Å². The van der Waals surface area contributed by atoms with E-state index in [2.05, 4.69) is 10.3 Å². The maximum Gasteiger partial charge on any atom is 0.277 e. The predicted molar refractivity (Wildman–Crippen MR) is 121 cm³/mol. The van der Waals surface area contributed by atoms with E-state index in [9.17, 15) is 9.59 Å². The Morgan fingerprint density at radius 2 is 1.77 bits per heavy atom. The molecule has 0 spiro atoms. The Morgan fingerprint density at radius 1 is 1.06 bits per heavy atom. The zero-order valence-corrected chi connectivity index (χ0v) is 18.6. The number of ether oxygens (including phenoxy) is 1. The summed E-state index contributed by atoms with van der Waals surface area (Å²) in [6.45, 7) is 7.90. The molecule has 1 heterocycles. The highest BCUT2D eigenvalue weighted by atomic mass is 16.5. The molecule has 3 aromatic rings. The number of aryl methyl sites for hydroxylation is 3. The lowest BCUT2D eigenvalue weighted by Gasteiger charge is -2.13. The topological polar surface area (TPSA) is 81.4 Å². The van der Waals surface area contributed by atoms with Crippen LogP contribution in [0.3, 0.4) is 0 Å². The highest BCUT2D eigenvalue weighted by Crippen LogP contribution is 2.27. The van der Waals surface area contributed by atoms with Crippen LogP contribution in [0.2, 0.25) is 0 Å². The van der Waals surface area contributed by atoms with Gasteiger partial charge in [0.05, 0.1) is 0 Å². The van der Waals surface area contributed by atoms with Crippen molar-refractivity contribution in [1.82, 2.24) is 4.98 Å². The second kappa shape index (κ2) is 9.71. The molecule has 6 heteroatoms. The Balaban J connectivity index is 1.96. The number of ketones is 1. The van der Waals surface area contributed by atoms with Crippen molar-refractivity contribution in [2.45, 2.75) is 34.1 Å². The lowest BCUT2D eigenvalue weighted by Crippen LogP contribution is -2.15. The first-order chi connectivity index (χ1) is 14.8. The van der Waals surface area contributed by atoms with Crippen LogP contribution >= 0.6 is 0 Å². The Kier molecular flexibility index (Phi) is 7.02. The molecule has 1 aromatic heterocycles. The summed E-state index contributed by atoms with van der Waals surface area (Å²) in [5, 5.41) is 2.87. The van der Waals surface area contributed by atoms with Crippen molar-refractivity contribution in [3.8, 4) is 11.1 Å². The first-order valence-electron chi connectivity index (χ1n) is 10.3. The number of methoxy groups -OCH3 is 1. The van der Waals surface area contributed by atoms with Crippen LogP contribution in [0.25, 0.3) is 11.1 Å². The minimum Gasteiger partial charge on any atom is -0.445 e. The molecule has 0 aliphatic carbocycles. The van der Waals surface area contributed by atoms with Crippen molar-refractivity contribution in [3.63, 3.8) is 0 Å². The molecule has 0 aliphatic rings. The maximum absolute atomic E-state index is 12.9. The number of anilines is 1. The lowest BCUT2D eigenvalue weighted by molar-refractivity contribution is 0.0919. The van der Waals surface area contributed by atoms with Crippen LogP contribution in [0, 0.1) is 26.7 Å². The van der Waals surface area contributed by atoms with E-state index in [1.165, 1.54) is 0 Å². The molecule has 162 valence electrons. The van der Waals surface area contributed by atoms with Gasteiger partial charge in [0.25, 0.3) is 5.91 Å². The van der Waals surface area contributed by atoms with Gasteiger partial charge in [-0.2, -0.15) is 0 Å². The summed E-state index contributed by atoms with van der Waals surface area (Å²) in [6.07, 6.45) is 0.361. The van der Waals surface area contributed by atoms with Gasteiger partial charge in [-0.15, -0.1) is 0 Å². The van der Waals surface area contributed by atoms with Gasteiger partial charge in [0.2, 0.25) is 0 Å². The lowest BCUT2D eigenvalue weighted by atomic mass is 9.95. The third-order valence-corrected chi connectivity index (χ3v) is 5.00. The van der Waals surface area contributed by atoms with E-state index < -0.39 is 0 Å². The minimum atomic E-state index is -0.374. The molecule has 1 amide bonds. The van der Waals surface area contributed by atoms with E-state index in [4.69, 9.17) is 9.15 Å². The molecule has 1 unspecified atom stereocenters. The summed E-state index contributed by atoms with van der Waals surface area (Å²) >= 11 is 0. The van der Waals surface area contributed by atoms with Gasteiger partial charge < -0.3 is 14.5 Å². The summed E-state index contributed by atoms with van der Waals surface area (Å²) < 4.78 is 10.5. The molecule has 0 bridgehead atoms. The van der Waals surface area contributed by atoms with E-state index in [-0.39, 0.29) is 23.3 Å². The van der Waals surface area contributed by atoms with E-state index in [0.717, 1.165) is 16.7 Å². The van der Waals surface area contributed by atoms with Crippen LogP contribution in [0.5, 0.6) is 0 Å². The van der Waals surface area contributed by atoms with Crippen molar-refractivity contribution >= 4 is 17.4 Å². The molecular weight excluding hydrogens is 392 g/mol. The van der Waals surface area contributed by atoms with Crippen LogP contribution in [0.1, 0.15) is 51.4 Å². The van der Waals surface area contributed by atoms with Gasteiger partial charge in [0, 0.05) is 38.3 Å². The Hall–Kier alpha value is -3.25. The SMILES string of the molecule is COCC(C)CC(=O)c1cc(NC(=O)c2nc(C)oc2C)cc(-c2ccc(C)cc2)c1. The number of amides is 1. The van der Waals surface area contributed by atoms with Gasteiger partial charge in [-0.1, -0.05) is 36.8 Å². The molecule has 1 N–H and O–H groups in total. The second-order valence-electron chi connectivity index (χ2n) is 7.94. The normalized spacial score (nSPS) is 11.9. The number of nitrogens with zero attached hydrogens (tertiary/aromatic N) is 1. The minimum absolute atomic E-state index is 0.00229. The standard InChI is InChI=1S/C25H28N2O4/c1-15-6-8-19(9-7-15)20-11-21(23(28)10-16(2)14-30-5)13-22(12-20)27-25(29)24-17(3)31-18(4)26-24/h6-9,11-13,16H,10,14H2,1-5H3,(H,27,29). The summed E-state index contributed by atoms with van der Waals surface area (Å²) in [5.74, 6) is 0.608. The molecule has 6 nitrogen and oxygen atoms in total. The molecule has 1 atom stereocenters. The fraction of sp³-hybridized carbons (Fsp3) is 0.320. The highest BCUT2D eigenvalue weighted by molar-refractivity contribution is 6.05. The van der Waals surface area contributed by atoms with Crippen molar-refractivity contribution in [2.75, 3.05) is 19.0 Å². The number of carbonyl (C=O) groups is 2. The molecule has 3 rings (SSSR count). The fourth-order valence-electron chi connectivity index (χ4n) is 3.48. The number of nitrogens with one attached hydrogen (secondary N) is 1.